The Morgan fingerprint density at radius 2 is 1.52 bits per heavy atom. The molecule has 0 radical (unpaired) electrons. The monoisotopic (exact) mass is 438 g/mol. The van der Waals surface area contributed by atoms with Gasteiger partial charge in [0.15, 0.2) is 0 Å². The molecule has 1 aliphatic rings. The standard InChI is InChI=1S/C25H27FN2O2S/c1-20-23(9-5-10-25(20)26)19-27-15-6-16-28(18-17-27)31(29,30)24-13-11-22(12-14-24)21-7-3-2-4-8-21/h2-5,7-14H,6,15-19H2,1H3. The summed E-state index contributed by atoms with van der Waals surface area (Å²) in [5.41, 5.74) is 3.67. The maximum atomic E-state index is 13.9. The molecule has 0 aromatic heterocycles. The van der Waals surface area contributed by atoms with Crippen LogP contribution in [0.15, 0.2) is 77.7 Å². The zero-order valence-corrected chi connectivity index (χ0v) is 18.5. The van der Waals surface area contributed by atoms with Crippen LogP contribution >= 0.6 is 0 Å². The van der Waals surface area contributed by atoms with Gasteiger partial charge in [-0.3, -0.25) is 4.90 Å². The van der Waals surface area contributed by atoms with Gasteiger partial charge in [0.2, 0.25) is 10.0 Å². The van der Waals surface area contributed by atoms with Crippen molar-refractivity contribution in [2.75, 3.05) is 26.2 Å². The van der Waals surface area contributed by atoms with Crippen molar-refractivity contribution in [2.24, 2.45) is 0 Å². The fraction of sp³-hybridized carbons (Fsp3) is 0.280. The van der Waals surface area contributed by atoms with E-state index in [4.69, 9.17) is 0 Å². The number of hydrogen-bond acceptors (Lipinski definition) is 3. The average Bonchev–Trinajstić information content (AvgIpc) is 3.04. The Morgan fingerprint density at radius 1 is 0.806 bits per heavy atom. The third-order valence-corrected chi connectivity index (χ3v) is 7.83. The molecular formula is C25H27FN2O2S. The summed E-state index contributed by atoms with van der Waals surface area (Å²) in [6.45, 7) is 4.74. The second kappa shape index (κ2) is 9.30. The minimum absolute atomic E-state index is 0.199. The molecule has 0 bridgehead atoms. The Labute approximate surface area is 184 Å². The fourth-order valence-corrected chi connectivity index (χ4v) is 5.48. The molecule has 1 fully saturated rings. The zero-order valence-electron chi connectivity index (χ0n) is 17.7. The molecule has 3 aromatic carbocycles. The third-order valence-electron chi connectivity index (χ3n) is 5.92. The van der Waals surface area contributed by atoms with E-state index in [1.165, 1.54) is 6.07 Å². The first kappa shape index (κ1) is 21.7. The number of benzene rings is 3. The van der Waals surface area contributed by atoms with Crippen molar-refractivity contribution in [2.45, 2.75) is 24.8 Å². The summed E-state index contributed by atoms with van der Waals surface area (Å²) >= 11 is 0. The van der Waals surface area contributed by atoms with Crippen molar-refractivity contribution in [1.29, 1.82) is 0 Å². The molecule has 4 nitrogen and oxygen atoms in total. The number of sulfonamides is 1. The Hall–Kier alpha value is -2.54. The van der Waals surface area contributed by atoms with Crippen molar-refractivity contribution >= 4 is 10.0 Å². The highest BCUT2D eigenvalue weighted by Crippen LogP contribution is 2.24. The maximum Gasteiger partial charge on any atom is 0.243 e. The highest BCUT2D eigenvalue weighted by atomic mass is 32.2. The SMILES string of the molecule is Cc1c(F)cccc1CN1CCCN(S(=O)(=O)c2ccc(-c3ccccc3)cc2)CC1. The van der Waals surface area contributed by atoms with Crippen LogP contribution in [0.2, 0.25) is 0 Å². The van der Waals surface area contributed by atoms with E-state index in [1.54, 1.807) is 29.4 Å². The van der Waals surface area contributed by atoms with Crippen LogP contribution < -0.4 is 0 Å². The largest absolute Gasteiger partial charge is 0.298 e. The first-order valence-corrected chi connectivity index (χ1v) is 12.0. The molecule has 1 aliphatic heterocycles. The van der Waals surface area contributed by atoms with Gasteiger partial charge >= 0.3 is 0 Å². The van der Waals surface area contributed by atoms with Gasteiger partial charge in [0.25, 0.3) is 0 Å². The van der Waals surface area contributed by atoms with Gasteiger partial charge in [-0.2, -0.15) is 4.31 Å². The van der Waals surface area contributed by atoms with E-state index >= 15 is 0 Å². The molecule has 0 unspecified atom stereocenters. The van der Waals surface area contributed by atoms with Crippen LogP contribution in [0.4, 0.5) is 4.39 Å². The maximum absolute atomic E-state index is 13.9. The Morgan fingerprint density at radius 3 is 2.26 bits per heavy atom. The van der Waals surface area contributed by atoms with Crippen LogP contribution in [-0.4, -0.2) is 43.8 Å². The number of halogens is 1. The average molecular weight is 439 g/mol. The van der Waals surface area contributed by atoms with Crippen molar-refractivity contribution in [3.05, 3.63) is 89.7 Å². The normalized spacial score (nSPS) is 16.2. The number of hydrogen-bond donors (Lipinski definition) is 0. The van der Waals surface area contributed by atoms with Gasteiger partial charge in [-0.25, -0.2) is 12.8 Å². The van der Waals surface area contributed by atoms with E-state index in [0.29, 0.717) is 36.6 Å². The van der Waals surface area contributed by atoms with Crippen molar-refractivity contribution in [3.8, 4) is 11.1 Å². The molecule has 3 aromatic rings. The van der Waals surface area contributed by atoms with Gasteiger partial charge in [0.05, 0.1) is 4.90 Å². The summed E-state index contributed by atoms with van der Waals surface area (Å²) in [7, 11) is -3.55. The minimum Gasteiger partial charge on any atom is -0.298 e. The predicted molar refractivity (Wildman–Crippen MR) is 122 cm³/mol. The summed E-state index contributed by atoms with van der Waals surface area (Å²) < 4.78 is 41.8. The van der Waals surface area contributed by atoms with E-state index in [9.17, 15) is 12.8 Å². The molecule has 0 N–H and O–H groups in total. The van der Waals surface area contributed by atoms with Crippen LogP contribution in [0, 0.1) is 12.7 Å². The van der Waals surface area contributed by atoms with Crippen molar-refractivity contribution < 1.29 is 12.8 Å². The topological polar surface area (TPSA) is 40.6 Å². The molecule has 31 heavy (non-hydrogen) atoms. The lowest BCUT2D eigenvalue weighted by Gasteiger charge is -2.22. The van der Waals surface area contributed by atoms with Crippen LogP contribution in [0.25, 0.3) is 11.1 Å². The molecule has 0 atom stereocenters. The smallest absolute Gasteiger partial charge is 0.243 e. The third kappa shape index (κ3) is 4.87. The summed E-state index contributed by atoms with van der Waals surface area (Å²) in [5, 5.41) is 0. The molecule has 6 heteroatoms. The number of rotatable bonds is 5. The lowest BCUT2D eigenvalue weighted by molar-refractivity contribution is 0.277. The molecule has 162 valence electrons. The molecule has 0 aliphatic carbocycles. The Bertz CT molecular complexity index is 1130. The second-order valence-corrected chi connectivity index (χ2v) is 9.89. The van der Waals surface area contributed by atoms with E-state index in [2.05, 4.69) is 4.90 Å². The summed E-state index contributed by atoms with van der Waals surface area (Å²) in [6.07, 6.45) is 0.746. The zero-order chi connectivity index (χ0) is 21.8. The molecule has 0 spiro atoms. The molecule has 0 saturated carbocycles. The van der Waals surface area contributed by atoms with E-state index in [0.717, 1.165) is 29.7 Å². The summed E-state index contributed by atoms with van der Waals surface area (Å²) in [6, 6.07) is 22.1. The second-order valence-electron chi connectivity index (χ2n) is 7.95. The van der Waals surface area contributed by atoms with Crippen LogP contribution in [0.3, 0.4) is 0 Å². The number of nitrogens with zero attached hydrogens (tertiary/aromatic N) is 2. The van der Waals surface area contributed by atoms with Crippen LogP contribution in [0.5, 0.6) is 0 Å². The van der Waals surface area contributed by atoms with E-state index < -0.39 is 10.0 Å². The fourth-order valence-electron chi connectivity index (χ4n) is 4.01. The Balaban J connectivity index is 1.45. The van der Waals surface area contributed by atoms with Gasteiger partial charge in [0, 0.05) is 26.2 Å². The first-order chi connectivity index (χ1) is 14.9. The minimum atomic E-state index is -3.55. The van der Waals surface area contributed by atoms with Gasteiger partial charge in [-0.1, -0.05) is 54.6 Å². The van der Waals surface area contributed by atoms with Crippen molar-refractivity contribution in [1.82, 2.24) is 9.21 Å². The summed E-state index contributed by atoms with van der Waals surface area (Å²) in [4.78, 5) is 2.53. The summed E-state index contributed by atoms with van der Waals surface area (Å²) in [5.74, 6) is -0.199. The van der Waals surface area contributed by atoms with E-state index in [1.807, 2.05) is 48.5 Å². The molecule has 1 heterocycles. The molecular weight excluding hydrogens is 411 g/mol. The van der Waals surface area contributed by atoms with Crippen LogP contribution in [-0.2, 0) is 16.6 Å². The lowest BCUT2D eigenvalue weighted by atomic mass is 10.1. The molecule has 1 saturated heterocycles. The van der Waals surface area contributed by atoms with E-state index in [-0.39, 0.29) is 5.82 Å². The van der Waals surface area contributed by atoms with Crippen LogP contribution in [0.1, 0.15) is 17.5 Å². The van der Waals surface area contributed by atoms with Crippen molar-refractivity contribution in [3.63, 3.8) is 0 Å². The van der Waals surface area contributed by atoms with Gasteiger partial charge in [-0.15, -0.1) is 0 Å². The highest BCUT2D eigenvalue weighted by molar-refractivity contribution is 7.89. The lowest BCUT2D eigenvalue weighted by Crippen LogP contribution is -2.35. The molecule has 4 rings (SSSR count). The van der Waals surface area contributed by atoms with Gasteiger partial charge in [0.1, 0.15) is 5.82 Å². The highest BCUT2D eigenvalue weighted by Gasteiger charge is 2.27. The van der Waals surface area contributed by atoms with Gasteiger partial charge in [-0.05, 0) is 60.3 Å². The van der Waals surface area contributed by atoms with Gasteiger partial charge < -0.3 is 0 Å². The predicted octanol–water partition coefficient (Wildman–Crippen LogP) is 4.70. The quantitative estimate of drug-likeness (QED) is 0.580. The Kier molecular flexibility index (Phi) is 6.51. The first-order valence-electron chi connectivity index (χ1n) is 10.6. The molecule has 0 amide bonds.